The highest BCUT2D eigenvalue weighted by molar-refractivity contribution is 7.99. The Morgan fingerprint density at radius 3 is 3.09 bits per heavy atom. The Kier molecular flexibility index (Phi) is 3.36. The molecule has 0 unspecified atom stereocenters. The van der Waals surface area contributed by atoms with E-state index < -0.39 is 0 Å². The summed E-state index contributed by atoms with van der Waals surface area (Å²) in [6.07, 6.45) is 2.52. The third-order valence-corrected chi connectivity index (χ3v) is 2.41. The lowest BCUT2D eigenvalue weighted by Gasteiger charge is -1.98. The molecular formula is C8H10FNS. The van der Waals surface area contributed by atoms with Crippen molar-refractivity contribution >= 4 is 11.8 Å². The van der Waals surface area contributed by atoms with Gasteiger partial charge in [0.15, 0.2) is 0 Å². The van der Waals surface area contributed by atoms with E-state index in [1.807, 2.05) is 0 Å². The Bertz CT molecular complexity index is 227. The van der Waals surface area contributed by atoms with Crippen LogP contribution in [0, 0.1) is 5.95 Å². The molecule has 1 aromatic rings. The van der Waals surface area contributed by atoms with Crippen molar-refractivity contribution in [3.63, 3.8) is 0 Å². The maximum absolute atomic E-state index is 12.8. The summed E-state index contributed by atoms with van der Waals surface area (Å²) < 4.78 is 12.8. The van der Waals surface area contributed by atoms with Crippen LogP contribution in [0.1, 0.15) is 13.3 Å². The highest BCUT2D eigenvalue weighted by Gasteiger charge is 1.99. The molecule has 1 nitrogen and oxygen atoms in total. The Morgan fingerprint density at radius 1 is 1.64 bits per heavy atom. The molecule has 0 bridgehead atoms. The molecule has 0 amide bonds. The SMILES string of the molecule is CCCSc1cccnc1F. The first-order chi connectivity index (χ1) is 5.34. The van der Waals surface area contributed by atoms with E-state index in [4.69, 9.17) is 0 Å². The monoisotopic (exact) mass is 171 g/mol. The molecule has 0 atom stereocenters. The number of pyridine rings is 1. The van der Waals surface area contributed by atoms with Gasteiger partial charge in [-0.15, -0.1) is 11.8 Å². The zero-order valence-corrected chi connectivity index (χ0v) is 7.20. The lowest BCUT2D eigenvalue weighted by atomic mass is 10.5. The van der Waals surface area contributed by atoms with E-state index in [0.717, 1.165) is 12.2 Å². The largest absolute Gasteiger partial charge is 0.227 e. The minimum absolute atomic E-state index is 0.356. The molecule has 0 saturated heterocycles. The van der Waals surface area contributed by atoms with E-state index in [-0.39, 0.29) is 5.95 Å². The molecule has 0 aliphatic carbocycles. The molecule has 0 spiro atoms. The second kappa shape index (κ2) is 4.34. The number of hydrogen-bond acceptors (Lipinski definition) is 2. The molecule has 3 heteroatoms. The standard InChI is InChI=1S/C8H10FNS/c1-2-6-11-7-4-3-5-10-8(7)9/h3-5H,2,6H2,1H3. The normalized spacial score (nSPS) is 10.0. The van der Waals surface area contributed by atoms with Crippen molar-refractivity contribution in [2.24, 2.45) is 0 Å². The van der Waals surface area contributed by atoms with Crippen molar-refractivity contribution in [3.05, 3.63) is 24.3 Å². The van der Waals surface area contributed by atoms with Crippen LogP contribution < -0.4 is 0 Å². The summed E-state index contributed by atoms with van der Waals surface area (Å²) in [4.78, 5) is 4.19. The van der Waals surface area contributed by atoms with E-state index >= 15 is 0 Å². The van der Waals surface area contributed by atoms with Gasteiger partial charge in [-0.05, 0) is 24.3 Å². The highest BCUT2D eigenvalue weighted by atomic mass is 32.2. The minimum Gasteiger partial charge on any atom is -0.227 e. The summed E-state index contributed by atoms with van der Waals surface area (Å²) >= 11 is 1.51. The molecular weight excluding hydrogens is 161 g/mol. The van der Waals surface area contributed by atoms with Crippen LogP contribution in [0.3, 0.4) is 0 Å². The first kappa shape index (κ1) is 8.53. The summed E-state index contributed by atoms with van der Waals surface area (Å²) in [5.41, 5.74) is 0. The van der Waals surface area contributed by atoms with Gasteiger partial charge < -0.3 is 0 Å². The fourth-order valence-corrected chi connectivity index (χ4v) is 1.46. The average Bonchev–Trinajstić information content (AvgIpc) is 2.03. The van der Waals surface area contributed by atoms with E-state index in [0.29, 0.717) is 4.90 Å². The van der Waals surface area contributed by atoms with Crippen molar-refractivity contribution in [1.82, 2.24) is 4.98 Å². The van der Waals surface area contributed by atoms with Gasteiger partial charge in [0, 0.05) is 6.20 Å². The van der Waals surface area contributed by atoms with Crippen molar-refractivity contribution < 1.29 is 4.39 Å². The summed E-state index contributed by atoms with van der Waals surface area (Å²) in [5, 5.41) is 0. The van der Waals surface area contributed by atoms with Crippen LogP contribution in [0.4, 0.5) is 4.39 Å². The van der Waals surface area contributed by atoms with Gasteiger partial charge in [-0.3, -0.25) is 0 Å². The topological polar surface area (TPSA) is 12.9 Å². The zero-order valence-electron chi connectivity index (χ0n) is 6.38. The molecule has 0 radical (unpaired) electrons. The predicted octanol–water partition coefficient (Wildman–Crippen LogP) is 2.72. The van der Waals surface area contributed by atoms with Crippen molar-refractivity contribution in [1.29, 1.82) is 0 Å². The van der Waals surface area contributed by atoms with Crippen molar-refractivity contribution in [2.45, 2.75) is 18.2 Å². The summed E-state index contributed by atoms with van der Waals surface area (Å²) in [5.74, 6) is 0.591. The number of hydrogen-bond donors (Lipinski definition) is 0. The smallest absolute Gasteiger partial charge is 0.226 e. The molecule has 0 N–H and O–H groups in total. The van der Waals surface area contributed by atoms with Crippen LogP contribution in [0.5, 0.6) is 0 Å². The van der Waals surface area contributed by atoms with Gasteiger partial charge in [-0.2, -0.15) is 4.39 Å². The van der Waals surface area contributed by atoms with Gasteiger partial charge in [-0.1, -0.05) is 6.92 Å². The van der Waals surface area contributed by atoms with Crippen LogP contribution in [0.2, 0.25) is 0 Å². The van der Waals surface area contributed by atoms with E-state index in [1.54, 1.807) is 12.1 Å². The second-order valence-electron chi connectivity index (χ2n) is 2.14. The molecule has 1 rings (SSSR count). The third-order valence-electron chi connectivity index (χ3n) is 1.19. The lowest BCUT2D eigenvalue weighted by Crippen LogP contribution is -1.85. The Morgan fingerprint density at radius 2 is 2.45 bits per heavy atom. The molecule has 11 heavy (non-hydrogen) atoms. The minimum atomic E-state index is -0.356. The highest BCUT2D eigenvalue weighted by Crippen LogP contribution is 2.19. The van der Waals surface area contributed by atoms with Gasteiger partial charge in [-0.25, -0.2) is 4.98 Å². The Balaban J connectivity index is 2.62. The Hall–Kier alpha value is -0.570. The number of nitrogens with zero attached hydrogens (tertiary/aromatic N) is 1. The van der Waals surface area contributed by atoms with Gasteiger partial charge in [0.1, 0.15) is 0 Å². The molecule has 1 heterocycles. The predicted molar refractivity (Wildman–Crippen MR) is 45.2 cm³/mol. The Labute approximate surface area is 70.0 Å². The number of thioether (sulfide) groups is 1. The van der Waals surface area contributed by atoms with Gasteiger partial charge in [0.05, 0.1) is 4.90 Å². The fraction of sp³-hybridized carbons (Fsp3) is 0.375. The molecule has 0 aromatic carbocycles. The number of aromatic nitrogens is 1. The van der Waals surface area contributed by atoms with Gasteiger partial charge in [0.25, 0.3) is 0 Å². The quantitative estimate of drug-likeness (QED) is 0.512. The third kappa shape index (κ3) is 2.50. The molecule has 0 fully saturated rings. The first-order valence-corrected chi connectivity index (χ1v) is 4.56. The summed E-state index contributed by atoms with van der Waals surface area (Å²) in [6, 6.07) is 3.50. The van der Waals surface area contributed by atoms with Gasteiger partial charge >= 0.3 is 0 Å². The number of halogens is 1. The maximum atomic E-state index is 12.8. The summed E-state index contributed by atoms with van der Waals surface area (Å²) in [7, 11) is 0. The molecule has 0 aliphatic rings. The van der Waals surface area contributed by atoms with Crippen molar-refractivity contribution in [3.8, 4) is 0 Å². The van der Waals surface area contributed by atoms with Gasteiger partial charge in [0.2, 0.25) is 5.95 Å². The maximum Gasteiger partial charge on any atom is 0.226 e. The van der Waals surface area contributed by atoms with E-state index in [2.05, 4.69) is 11.9 Å². The van der Waals surface area contributed by atoms with Crippen LogP contribution in [-0.2, 0) is 0 Å². The number of rotatable bonds is 3. The molecule has 1 aromatic heterocycles. The fourth-order valence-electron chi connectivity index (χ4n) is 0.691. The summed E-state index contributed by atoms with van der Waals surface area (Å²) in [6.45, 7) is 2.07. The van der Waals surface area contributed by atoms with E-state index in [9.17, 15) is 4.39 Å². The first-order valence-electron chi connectivity index (χ1n) is 3.58. The zero-order chi connectivity index (χ0) is 8.10. The van der Waals surface area contributed by atoms with Crippen LogP contribution in [0.25, 0.3) is 0 Å². The average molecular weight is 171 g/mol. The van der Waals surface area contributed by atoms with Crippen LogP contribution in [-0.4, -0.2) is 10.7 Å². The lowest BCUT2D eigenvalue weighted by molar-refractivity contribution is 0.557. The molecule has 0 saturated carbocycles. The molecule has 60 valence electrons. The van der Waals surface area contributed by atoms with Crippen molar-refractivity contribution in [2.75, 3.05) is 5.75 Å². The van der Waals surface area contributed by atoms with Crippen LogP contribution in [0.15, 0.2) is 23.2 Å². The molecule has 0 aliphatic heterocycles. The second-order valence-corrected chi connectivity index (χ2v) is 3.28. The van der Waals surface area contributed by atoms with Crippen LogP contribution >= 0.6 is 11.8 Å². The van der Waals surface area contributed by atoms with E-state index in [1.165, 1.54) is 18.0 Å².